The number of nitrogens with zero attached hydrogens (tertiary/aromatic N) is 1. The molecule has 0 heterocycles. The molecule has 0 atom stereocenters. The van der Waals surface area contributed by atoms with Crippen LogP contribution >= 0.6 is 15.9 Å². The largest absolute Gasteiger partial charge is 0.487 e. The van der Waals surface area contributed by atoms with E-state index >= 15 is 0 Å². The number of nitro benzene ring substituents is 1. The van der Waals surface area contributed by atoms with E-state index in [-0.39, 0.29) is 23.6 Å². The van der Waals surface area contributed by atoms with Crippen molar-refractivity contribution in [1.29, 1.82) is 0 Å². The lowest BCUT2D eigenvalue weighted by atomic mass is 10.2. The second-order valence-electron chi connectivity index (χ2n) is 4.98. The van der Waals surface area contributed by atoms with Crippen LogP contribution in [-0.2, 0) is 9.53 Å². The zero-order valence-electron chi connectivity index (χ0n) is 13.7. The topological polar surface area (TPSA) is 108 Å². The Bertz CT molecular complexity index is 840. The zero-order chi connectivity index (χ0) is 19.1. The van der Waals surface area contributed by atoms with Gasteiger partial charge in [0.25, 0.3) is 5.91 Å². The van der Waals surface area contributed by atoms with Crippen molar-refractivity contribution in [2.45, 2.75) is 6.92 Å². The van der Waals surface area contributed by atoms with Crippen molar-refractivity contribution < 1.29 is 24.0 Å². The van der Waals surface area contributed by atoms with Gasteiger partial charge in [-0.2, -0.15) is 0 Å². The summed E-state index contributed by atoms with van der Waals surface area (Å²) < 4.78 is 10.7. The SMILES string of the molecule is CCOc1ccc(C(=O)OCC(=O)Nc2ccccc2Br)cc1[N+](=O)[O-]. The number of hydrogen-bond donors (Lipinski definition) is 1. The number of carbonyl (C=O) groups excluding carboxylic acids is 2. The third kappa shape index (κ3) is 5.03. The molecule has 0 aliphatic heterocycles. The number of rotatable bonds is 7. The van der Waals surface area contributed by atoms with Gasteiger partial charge in [-0.25, -0.2) is 4.79 Å². The average Bonchev–Trinajstić information content (AvgIpc) is 2.62. The molecule has 0 saturated heterocycles. The molecular weight excluding hydrogens is 408 g/mol. The number of nitro groups is 1. The highest BCUT2D eigenvalue weighted by atomic mass is 79.9. The van der Waals surface area contributed by atoms with Crippen LogP contribution in [0.1, 0.15) is 17.3 Å². The van der Waals surface area contributed by atoms with Crippen molar-refractivity contribution >= 4 is 39.2 Å². The first-order valence-corrected chi connectivity index (χ1v) is 8.34. The van der Waals surface area contributed by atoms with E-state index in [9.17, 15) is 19.7 Å². The van der Waals surface area contributed by atoms with Gasteiger partial charge in [0.2, 0.25) is 0 Å². The maximum atomic E-state index is 12.0. The molecule has 0 spiro atoms. The van der Waals surface area contributed by atoms with Crippen molar-refractivity contribution in [2.24, 2.45) is 0 Å². The maximum absolute atomic E-state index is 12.0. The molecule has 0 radical (unpaired) electrons. The van der Waals surface area contributed by atoms with E-state index in [2.05, 4.69) is 21.2 Å². The number of para-hydroxylation sites is 1. The molecule has 2 aromatic carbocycles. The molecule has 136 valence electrons. The molecule has 9 heteroatoms. The third-order valence-corrected chi connectivity index (χ3v) is 3.86. The Balaban J connectivity index is 2.01. The molecule has 0 unspecified atom stereocenters. The van der Waals surface area contributed by atoms with E-state index in [1.165, 1.54) is 12.1 Å². The Morgan fingerprint density at radius 3 is 2.62 bits per heavy atom. The van der Waals surface area contributed by atoms with E-state index < -0.39 is 23.4 Å². The van der Waals surface area contributed by atoms with Crippen molar-refractivity contribution in [2.75, 3.05) is 18.5 Å². The van der Waals surface area contributed by atoms with Crippen LogP contribution in [0, 0.1) is 10.1 Å². The fraction of sp³-hybridized carbons (Fsp3) is 0.176. The Morgan fingerprint density at radius 2 is 1.96 bits per heavy atom. The van der Waals surface area contributed by atoms with Gasteiger partial charge in [0.15, 0.2) is 12.4 Å². The minimum Gasteiger partial charge on any atom is -0.487 e. The van der Waals surface area contributed by atoms with Gasteiger partial charge in [-0.05, 0) is 47.1 Å². The Hall–Kier alpha value is -2.94. The molecule has 1 N–H and O–H groups in total. The van der Waals surface area contributed by atoms with Crippen molar-refractivity contribution in [3.8, 4) is 5.75 Å². The van der Waals surface area contributed by atoms with E-state index in [1.807, 2.05) is 0 Å². The highest BCUT2D eigenvalue weighted by Crippen LogP contribution is 2.28. The first kappa shape index (κ1) is 19.4. The summed E-state index contributed by atoms with van der Waals surface area (Å²) in [5.41, 5.74) is 0.137. The third-order valence-electron chi connectivity index (χ3n) is 3.17. The number of amides is 1. The van der Waals surface area contributed by atoms with Crippen LogP contribution < -0.4 is 10.1 Å². The number of nitrogens with one attached hydrogen (secondary N) is 1. The van der Waals surface area contributed by atoms with Gasteiger partial charge in [0.1, 0.15) is 0 Å². The number of ether oxygens (including phenoxy) is 2. The number of benzene rings is 2. The van der Waals surface area contributed by atoms with Gasteiger partial charge in [0.05, 0.1) is 22.8 Å². The molecule has 0 aromatic heterocycles. The summed E-state index contributed by atoms with van der Waals surface area (Å²) in [6.07, 6.45) is 0. The van der Waals surface area contributed by atoms with Crippen LogP contribution in [0.2, 0.25) is 0 Å². The van der Waals surface area contributed by atoms with Crippen LogP contribution in [0.3, 0.4) is 0 Å². The fourth-order valence-electron chi connectivity index (χ4n) is 2.03. The minimum atomic E-state index is -0.849. The van der Waals surface area contributed by atoms with Crippen molar-refractivity contribution in [3.05, 3.63) is 62.6 Å². The van der Waals surface area contributed by atoms with Crippen LogP contribution in [0.5, 0.6) is 5.75 Å². The van der Waals surface area contributed by atoms with E-state index in [0.29, 0.717) is 10.2 Å². The number of esters is 1. The summed E-state index contributed by atoms with van der Waals surface area (Å²) in [5, 5.41) is 13.7. The van der Waals surface area contributed by atoms with Crippen LogP contribution in [0.15, 0.2) is 46.9 Å². The van der Waals surface area contributed by atoms with Gasteiger partial charge < -0.3 is 14.8 Å². The number of halogens is 1. The minimum absolute atomic E-state index is 0.0474. The molecule has 0 aliphatic rings. The van der Waals surface area contributed by atoms with Gasteiger partial charge in [-0.1, -0.05) is 12.1 Å². The lowest BCUT2D eigenvalue weighted by Gasteiger charge is -2.09. The van der Waals surface area contributed by atoms with E-state index in [0.717, 1.165) is 6.07 Å². The average molecular weight is 423 g/mol. The van der Waals surface area contributed by atoms with Gasteiger partial charge in [-0.3, -0.25) is 14.9 Å². The van der Waals surface area contributed by atoms with E-state index in [1.54, 1.807) is 31.2 Å². The number of hydrogen-bond acceptors (Lipinski definition) is 6. The number of carbonyl (C=O) groups is 2. The maximum Gasteiger partial charge on any atom is 0.338 e. The van der Waals surface area contributed by atoms with Crippen LogP contribution in [0.25, 0.3) is 0 Å². The van der Waals surface area contributed by atoms with Crippen LogP contribution in [-0.4, -0.2) is 30.0 Å². The lowest BCUT2D eigenvalue weighted by molar-refractivity contribution is -0.385. The molecule has 1 amide bonds. The van der Waals surface area contributed by atoms with E-state index in [4.69, 9.17) is 9.47 Å². The highest BCUT2D eigenvalue weighted by molar-refractivity contribution is 9.10. The molecular formula is C17H15BrN2O6. The molecule has 8 nitrogen and oxygen atoms in total. The monoisotopic (exact) mass is 422 g/mol. The van der Waals surface area contributed by atoms with Crippen LogP contribution in [0.4, 0.5) is 11.4 Å². The zero-order valence-corrected chi connectivity index (χ0v) is 15.3. The summed E-state index contributed by atoms with van der Waals surface area (Å²) in [6, 6.07) is 10.7. The van der Waals surface area contributed by atoms with Gasteiger partial charge in [0, 0.05) is 10.5 Å². The fourth-order valence-corrected chi connectivity index (χ4v) is 2.41. The van der Waals surface area contributed by atoms with Gasteiger partial charge in [-0.15, -0.1) is 0 Å². The molecule has 0 bridgehead atoms. The Labute approximate surface area is 157 Å². The highest BCUT2D eigenvalue weighted by Gasteiger charge is 2.20. The van der Waals surface area contributed by atoms with Gasteiger partial charge >= 0.3 is 11.7 Å². The van der Waals surface area contributed by atoms with Crippen molar-refractivity contribution in [3.63, 3.8) is 0 Å². The summed E-state index contributed by atoms with van der Waals surface area (Å²) in [7, 11) is 0. The van der Waals surface area contributed by atoms with Crippen molar-refractivity contribution in [1.82, 2.24) is 0 Å². The Kier molecular flexibility index (Phi) is 6.67. The molecule has 26 heavy (non-hydrogen) atoms. The normalized spacial score (nSPS) is 10.1. The summed E-state index contributed by atoms with van der Waals surface area (Å²) >= 11 is 3.28. The molecule has 0 saturated carbocycles. The predicted octanol–water partition coefficient (Wildman–Crippen LogP) is 3.55. The number of anilines is 1. The summed E-state index contributed by atoms with van der Waals surface area (Å²) in [5.74, 6) is -1.33. The standard InChI is InChI=1S/C17H15BrN2O6/c1-2-25-15-8-7-11(9-14(15)20(23)24)17(22)26-10-16(21)19-13-6-4-3-5-12(13)18/h3-9H,2,10H2,1H3,(H,19,21). The Morgan fingerprint density at radius 1 is 1.23 bits per heavy atom. The summed E-state index contributed by atoms with van der Waals surface area (Å²) in [4.78, 5) is 34.3. The smallest absolute Gasteiger partial charge is 0.338 e. The summed E-state index contributed by atoms with van der Waals surface area (Å²) in [6.45, 7) is 1.41. The lowest BCUT2D eigenvalue weighted by Crippen LogP contribution is -2.21. The second kappa shape index (κ2) is 8.95. The first-order chi connectivity index (χ1) is 12.4. The molecule has 0 fully saturated rings. The molecule has 0 aliphatic carbocycles. The second-order valence-corrected chi connectivity index (χ2v) is 5.83. The first-order valence-electron chi connectivity index (χ1n) is 7.55. The molecule has 2 rings (SSSR count). The predicted molar refractivity (Wildman–Crippen MR) is 97.3 cm³/mol. The molecule has 2 aromatic rings. The quantitative estimate of drug-likeness (QED) is 0.415.